The molecule has 0 spiro atoms. The molecule has 102 valence electrons. The Bertz CT molecular complexity index is 445. The van der Waals surface area contributed by atoms with Gasteiger partial charge in [0.1, 0.15) is 0 Å². The summed E-state index contributed by atoms with van der Waals surface area (Å²) in [4.78, 5) is 14.3. The van der Waals surface area contributed by atoms with Crippen LogP contribution in [0, 0.1) is 11.8 Å². The molecule has 3 heteroatoms. The lowest BCUT2D eigenvalue weighted by molar-refractivity contribution is -0.123. The van der Waals surface area contributed by atoms with Gasteiger partial charge < -0.3 is 5.32 Å². The largest absolute Gasteiger partial charge is 0.352 e. The number of likely N-dealkylation sites (tertiary alicyclic amines) is 1. The van der Waals surface area contributed by atoms with Crippen molar-refractivity contribution in [3.63, 3.8) is 0 Å². The van der Waals surface area contributed by atoms with Gasteiger partial charge in [-0.15, -0.1) is 0 Å². The average molecular weight is 258 g/mol. The molecule has 1 N–H and O–H groups in total. The van der Waals surface area contributed by atoms with E-state index in [4.69, 9.17) is 0 Å². The van der Waals surface area contributed by atoms with Crippen molar-refractivity contribution in [2.24, 2.45) is 11.8 Å². The summed E-state index contributed by atoms with van der Waals surface area (Å²) in [6, 6.07) is 10.9. The van der Waals surface area contributed by atoms with Crippen LogP contribution < -0.4 is 5.32 Å². The van der Waals surface area contributed by atoms with E-state index in [1.165, 1.54) is 5.56 Å². The molecule has 1 amide bonds. The third-order valence-corrected chi connectivity index (χ3v) is 4.31. The minimum Gasteiger partial charge on any atom is -0.352 e. The first-order valence-electron chi connectivity index (χ1n) is 7.29. The molecule has 3 nitrogen and oxygen atoms in total. The maximum Gasteiger partial charge on any atom is 0.223 e. The molecule has 1 heterocycles. The highest BCUT2D eigenvalue weighted by atomic mass is 16.2. The van der Waals surface area contributed by atoms with Crippen LogP contribution in [0.3, 0.4) is 0 Å². The number of hydrogen-bond acceptors (Lipinski definition) is 2. The predicted molar refractivity (Wildman–Crippen MR) is 75.5 cm³/mol. The SMILES string of the molecule is C[C@@H]1C[C@@H]1C(=O)N[C@H]1CCN(Cc2ccccc2)C1. The molecule has 3 atom stereocenters. The van der Waals surface area contributed by atoms with Crippen LogP contribution in [0.15, 0.2) is 30.3 Å². The summed E-state index contributed by atoms with van der Waals surface area (Å²) in [5.74, 6) is 1.17. The lowest BCUT2D eigenvalue weighted by Crippen LogP contribution is -2.38. The molecule has 2 aliphatic rings. The van der Waals surface area contributed by atoms with E-state index in [9.17, 15) is 4.79 Å². The van der Waals surface area contributed by atoms with Crippen LogP contribution in [-0.2, 0) is 11.3 Å². The Balaban J connectivity index is 1.46. The number of rotatable bonds is 4. The molecule has 1 aliphatic carbocycles. The second-order valence-electron chi connectivity index (χ2n) is 6.03. The third-order valence-electron chi connectivity index (χ3n) is 4.31. The van der Waals surface area contributed by atoms with E-state index >= 15 is 0 Å². The number of nitrogens with one attached hydrogen (secondary N) is 1. The summed E-state index contributed by atoms with van der Waals surface area (Å²) in [6.07, 6.45) is 2.16. The Morgan fingerprint density at radius 1 is 1.37 bits per heavy atom. The monoisotopic (exact) mass is 258 g/mol. The quantitative estimate of drug-likeness (QED) is 0.896. The van der Waals surface area contributed by atoms with Crippen molar-refractivity contribution in [2.75, 3.05) is 13.1 Å². The fourth-order valence-electron chi connectivity index (χ4n) is 2.93. The van der Waals surface area contributed by atoms with Crippen molar-refractivity contribution in [3.8, 4) is 0 Å². The fraction of sp³-hybridized carbons (Fsp3) is 0.562. The molecule has 0 aromatic heterocycles. The Hall–Kier alpha value is -1.35. The first-order valence-corrected chi connectivity index (χ1v) is 7.29. The molecule has 1 aromatic carbocycles. The molecule has 1 saturated carbocycles. The van der Waals surface area contributed by atoms with Crippen LogP contribution in [0.4, 0.5) is 0 Å². The molecule has 3 rings (SSSR count). The highest BCUT2D eigenvalue weighted by molar-refractivity contribution is 5.81. The van der Waals surface area contributed by atoms with Crippen LogP contribution in [-0.4, -0.2) is 29.9 Å². The van der Waals surface area contributed by atoms with Gasteiger partial charge in [-0.05, 0) is 24.3 Å². The first kappa shape index (κ1) is 12.7. The van der Waals surface area contributed by atoms with Crippen LogP contribution >= 0.6 is 0 Å². The molecule has 0 unspecified atom stereocenters. The van der Waals surface area contributed by atoms with Crippen LogP contribution in [0.5, 0.6) is 0 Å². The summed E-state index contributed by atoms with van der Waals surface area (Å²) >= 11 is 0. The Morgan fingerprint density at radius 3 is 2.79 bits per heavy atom. The van der Waals surface area contributed by atoms with E-state index in [0.717, 1.165) is 32.5 Å². The Morgan fingerprint density at radius 2 is 2.11 bits per heavy atom. The minimum atomic E-state index is 0.277. The molecule has 1 saturated heterocycles. The highest BCUT2D eigenvalue weighted by Gasteiger charge is 2.40. The Kier molecular flexibility index (Phi) is 3.56. The van der Waals surface area contributed by atoms with E-state index in [1.807, 2.05) is 6.07 Å². The van der Waals surface area contributed by atoms with E-state index < -0.39 is 0 Å². The van der Waals surface area contributed by atoms with Crippen molar-refractivity contribution < 1.29 is 4.79 Å². The molecule has 19 heavy (non-hydrogen) atoms. The molecule has 2 fully saturated rings. The second kappa shape index (κ2) is 5.33. The molecular weight excluding hydrogens is 236 g/mol. The summed E-state index contributed by atoms with van der Waals surface area (Å²) < 4.78 is 0. The Labute approximate surface area is 115 Å². The predicted octanol–water partition coefficient (Wildman–Crippen LogP) is 2.03. The van der Waals surface area contributed by atoms with Crippen LogP contribution in [0.25, 0.3) is 0 Å². The van der Waals surface area contributed by atoms with E-state index in [1.54, 1.807) is 0 Å². The van der Waals surface area contributed by atoms with Crippen molar-refractivity contribution in [1.29, 1.82) is 0 Å². The van der Waals surface area contributed by atoms with Gasteiger partial charge in [-0.3, -0.25) is 9.69 Å². The summed E-state index contributed by atoms with van der Waals surface area (Å²) in [5, 5.41) is 3.21. The fourth-order valence-corrected chi connectivity index (χ4v) is 2.93. The minimum absolute atomic E-state index is 0.277. The number of hydrogen-bond donors (Lipinski definition) is 1. The van der Waals surface area contributed by atoms with Crippen molar-refractivity contribution >= 4 is 5.91 Å². The maximum atomic E-state index is 11.9. The van der Waals surface area contributed by atoms with E-state index in [-0.39, 0.29) is 5.91 Å². The highest BCUT2D eigenvalue weighted by Crippen LogP contribution is 2.37. The standard InChI is InChI=1S/C16H22N2O/c1-12-9-15(12)16(19)17-14-7-8-18(11-14)10-13-5-3-2-4-6-13/h2-6,12,14-15H,7-11H2,1H3,(H,17,19)/t12-,14+,15+/m1/s1. The van der Waals surface area contributed by atoms with Gasteiger partial charge in [0, 0.05) is 31.6 Å². The zero-order valence-corrected chi connectivity index (χ0v) is 11.5. The molecule has 0 bridgehead atoms. The molecule has 1 aliphatic heterocycles. The topological polar surface area (TPSA) is 32.3 Å². The summed E-state index contributed by atoms with van der Waals surface area (Å²) in [5.41, 5.74) is 1.35. The maximum absolute atomic E-state index is 11.9. The van der Waals surface area contributed by atoms with Gasteiger partial charge in [-0.1, -0.05) is 37.3 Å². The summed E-state index contributed by atoms with van der Waals surface area (Å²) in [6.45, 7) is 5.22. The van der Waals surface area contributed by atoms with Gasteiger partial charge in [0.15, 0.2) is 0 Å². The van der Waals surface area contributed by atoms with Gasteiger partial charge in [0.2, 0.25) is 5.91 Å². The van der Waals surface area contributed by atoms with E-state index in [0.29, 0.717) is 17.9 Å². The van der Waals surface area contributed by atoms with Gasteiger partial charge in [0.05, 0.1) is 0 Å². The summed E-state index contributed by atoms with van der Waals surface area (Å²) in [7, 11) is 0. The molecule has 1 aromatic rings. The molecule has 0 radical (unpaired) electrons. The number of nitrogens with zero attached hydrogens (tertiary/aromatic N) is 1. The second-order valence-corrected chi connectivity index (χ2v) is 6.03. The van der Waals surface area contributed by atoms with Crippen molar-refractivity contribution in [1.82, 2.24) is 10.2 Å². The van der Waals surface area contributed by atoms with Crippen LogP contribution in [0.2, 0.25) is 0 Å². The van der Waals surface area contributed by atoms with Gasteiger partial charge in [0.25, 0.3) is 0 Å². The number of benzene rings is 1. The first-order chi connectivity index (χ1) is 9.22. The zero-order valence-electron chi connectivity index (χ0n) is 11.5. The van der Waals surface area contributed by atoms with Crippen molar-refractivity contribution in [3.05, 3.63) is 35.9 Å². The van der Waals surface area contributed by atoms with Crippen LogP contribution in [0.1, 0.15) is 25.3 Å². The average Bonchev–Trinajstić information content (AvgIpc) is 2.99. The lowest BCUT2D eigenvalue weighted by Gasteiger charge is -2.16. The van der Waals surface area contributed by atoms with Gasteiger partial charge in [-0.25, -0.2) is 0 Å². The third kappa shape index (κ3) is 3.16. The number of carbonyl (C=O) groups excluding carboxylic acids is 1. The smallest absolute Gasteiger partial charge is 0.223 e. The number of carbonyl (C=O) groups is 1. The van der Waals surface area contributed by atoms with Gasteiger partial charge in [-0.2, -0.15) is 0 Å². The lowest BCUT2D eigenvalue weighted by atomic mass is 10.2. The van der Waals surface area contributed by atoms with Crippen molar-refractivity contribution in [2.45, 2.75) is 32.4 Å². The number of amides is 1. The normalized spacial score (nSPS) is 30.3. The van der Waals surface area contributed by atoms with Gasteiger partial charge >= 0.3 is 0 Å². The van der Waals surface area contributed by atoms with E-state index in [2.05, 4.69) is 41.4 Å². The zero-order chi connectivity index (χ0) is 13.2. The molecular formula is C16H22N2O.